The summed E-state index contributed by atoms with van der Waals surface area (Å²) in [6.45, 7) is 2.10. The molecule has 1 heterocycles. The van der Waals surface area contributed by atoms with Crippen LogP contribution in [0, 0.1) is 5.82 Å². The van der Waals surface area contributed by atoms with E-state index in [0.29, 0.717) is 29.8 Å². The van der Waals surface area contributed by atoms with E-state index in [2.05, 4.69) is 15.5 Å². The van der Waals surface area contributed by atoms with Crippen LogP contribution in [-0.4, -0.2) is 31.6 Å². The molecule has 1 aliphatic heterocycles. The number of nitrogens with one attached hydrogen (secondary N) is 2. The topological polar surface area (TPSA) is 87.5 Å². The molecular weight excluding hydrogens is 359 g/mol. The number of primary amides is 1. The first kappa shape index (κ1) is 19.7. The average Bonchev–Trinajstić information content (AvgIpc) is 2.70. The summed E-state index contributed by atoms with van der Waals surface area (Å²) in [5, 5.41) is 5.55. The first-order valence-corrected chi connectivity index (χ1v) is 9.51. The van der Waals surface area contributed by atoms with Crippen LogP contribution < -0.4 is 21.3 Å². The minimum atomic E-state index is -0.548. The van der Waals surface area contributed by atoms with Gasteiger partial charge in [0.2, 0.25) is 5.91 Å². The maximum Gasteiger partial charge on any atom is 0.319 e. The van der Waals surface area contributed by atoms with Gasteiger partial charge in [0.05, 0.1) is 11.4 Å². The van der Waals surface area contributed by atoms with Gasteiger partial charge in [-0.05, 0) is 55.5 Å². The number of nitrogens with zero attached hydrogens (tertiary/aromatic N) is 1. The van der Waals surface area contributed by atoms with E-state index in [0.717, 1.165) is 31.6 Å². The second-order valence-corrected chi connectivity index (χ2v) is 6.87. The molecule has 0 spiro atoms. The monoisotopic (exact) mass is 384 g/mol. The van der Waals surface area contributed by atoms with Crippen molar-refractivity contribution in [3.8, 4) is 0 Å². The summed E-state index contributed by atoms with van der Waals surface area (Å²) in [5.74, 6) is -0.834. The molecule has 0 unspecified atom stereocenters. The molecular formula is C21H25FN4O2. The second-order valence-electron chi connectivity index (χ2n) is 6.87. The summed E-state index contributed by atoms with van der Waals surface area (Å²) in [7, 11) is 0. The molecule has 28 heavy (non-hydrogen) atoms. The van der Waals surface area contributed by atoms with E-state index < -0.39 is 11.9 Å². The highest BCUT2D eigenvalue weighted by Gasteiger charge is 2.17. The number of rotatable bonds is 6. The molecule has 3 rings (SSSR count). The quantitative estimate of drug-likeness (QED) is 0.714. The lowest BCUT2D eigenvalue weighted by Gasteiger charge is -2.30. The van der Waals surface area contributed by atoms with E-state index in [1.165, 1.54) is 12.5 Å². The molecule has 1 fully saturated rings. The van der Waals surface area contributed by atoms with Gasteiger partial charge in [0, 0.05) is 25.2 Å². The van der Waals surface area contributed by atoms with E-state index in [4.69, 9.17) is 5.73 Å². The Balaban J connectivity index is 1.66. The minimum absolute atomic E-state index is 0.286. The number of piperidine rings is 1. The largest absolute Gasteiger partial charge is 0.370 e. The van der Waals surface area contributed by atoms with E-state index in [1.54, 1.807) is 30.3 Å². The molecule has 1 aliphatic rings. The molecule has 0 saturated carbocycles. The Morgan fingerprint density at radius 3 is 2.54 bits per heavy atom. The Kier molecular flexibility index (Phi) is 6.47. The molecule has 7 heteroatoms. The number of benzene rings is 2. The van der Waals surface area contributed by atoms with Crippen LogP contribution in [0.25, 0.3) is 0 Å². The SMILES string of the molecule is NC(=O)c1ccc(N2CCCCC2)c(NC(=O)NCCc2ccccc2F)c1. The van der Waals surface area contributed by atoms with Crippen molar-refractivity contribution in [2.24, 2.45) is 5.73 Å². The normalized spacial score (nSPS) is 13.8. The summed E-state index contributed by atoms with van der Waals surface area (Å²) in [6.07, 6.45) is 3.76. The lowest BCUT2D eigenvalue weighted by Crippen LogP contribution is -2.33. The van der Waals surface area contributed by atoms with E-state index in [9.17, 15) is 14.0 Å². The maximum atomic E-state index is 13.7. The van der Waals surface area contributed by atoms with Gasteiger partial charge in [-0.1, -0.05) is 18.2 Å². The first-order valence-electron chi connectivity index (χ1n) is 9.51. The van der Waals surface area contributed by atoms with Gasteiger partial charge in [-0.2, -0.15) is 0 Å². The van der Waals surface area contributed by atoms with E-state index in [1.807, 2.05) is 6.07 Å². The van der Waals surface area contributed by atoms with Crippen LogP contribution in [0.4, 0.5) is 20.6 Å². The van der Waals surface area contributed by atoms with Crippen molar-refractivity contribution >= 4 is 23.3 Å². The number of anilines is 2. The van der Waals surface area contributed by atoms with Gasteiger partial charge >= 0.3 is 6.03 Å². The summed E-state index contributed by atoms with van der Waals surface area (Å²) in [4.78, 5) is 26.1. The number of carbonyl (C=O) groups is 2. The number of urea groups is 1. The zero-order valence-corrected chi connectivity index (χ0v) is 15.7. The lowest BCUT2D eigenvalue weighted by molar-refractivity contribution is 0.100. The van der Waals surface area contributed by atoms with Crippen molar-refractivity contribution in [3.05, 3.63) is 59.4 Å². The Hall–Kier alpha value is -3.09. The third kappa shape index (κ3) is 5.00. The van der Waals surface area contributed by atoms with Crippen molar-refractivity contribution < 1.29 is 14.0 Å². The van der Waals surface area contributed by atoms with Gasteiger partial charge in [-0.3, -0.25) is 4.79 Å². The van der Waals surface area contributed by atoms with Crippen molar-refractivity contribution in [2.75, 3.05) is 29.9 Å². The van der Waals surface area contributed by atoms with Crippen LogP contribution in [0.1, 0.15) is 35.2 Å². The number of halogens is 1. The van der Waals surface area contributed by atoms with Gasteiger partial charge in [-0.15, -0.1) is 0 Å². The number of nitrogens with two attached hydrogens (primary N) is 1. The summed E-state index contributed by atoms with van der Waals surface area (Å²) in [5.41, 5.74) is 7.68. The Labute approximate surface area is 163 Å². The first-order chi connectivity index (χ1) is 13.5. The molecule has 0 bridgehead atoms. The molecule has 4 N–H and O–H groups in total. The average molecular weight is 384 g/mol. The molecule has 148 valence electrons. The third-order valence-corrected chi connectivity index (χ3v) is 4.86. The Bertz CT molecular complexity index is 850. The van der Waals surface area contributed by atoms with Crippen LogP contribution in [0.2, 0.25) is 0 Å². The summed E-state index contributed by atoms with van der Waals surface area (Å²) in [6, 6.07) is 11.2. The van der Waals surface area contributed by atoms with Crippen molar-refractivity contribution in [3.63, 3.8) is 0 Å². The minimum Gasteiger partial charge on any atom is -0.370 e. The van der Waals surface area contributed by atoms with Crippen LogP contribution >= 0.6 is 0 Å². The molecule has 6 nitrogen and oxygen atoms in total. The molecule has 1 saturated heterocycles. The van der Waals surface area contributed by atoms with E-state index in [-0.39, 0.29) is 5.82 Å². The standard InChI is InChI=1S/C21H25FN4O2/c22-17-7-3-2-6-15(17)10-11-24-21(28)25-18-14-16(20(23)27)8-9-19(18)26-12-4-1-5-13-26/h2-3,6-9,14H,1,4-5,10-13H2,(H2,23,27)(H2,24,25,28). The summed E-state index contributed by atoms with van der Waals surface area (Å²) < 4.78 is 13.7. The second kappa shape index (κ2) is 9.21. The molecule has 0 atom stereocenters. The van der Waals surface area contributed by atoms with Crippen molar-refractivity contribution in [1.82, 2.24) is 5.32 Å². The maximum absolute atomic E-state index is 13.7. The molecule has 3 amide bonds. The smallest absolute Gasteiger partial charge is 0.319 e. The van der Waals surface area contributed by atoms with Crippen LogP contribution in [0.3, 0.4) is 0 Å². The Morgan fingerprint density at radius 1 is 1.07 bits per heavy atom. The molecule has 0 aliphatic carbocycles. The van der Waals surface area contributed by atoms with Gasteiger partial charge < -0.3 is 21.3 Å². The molecule has 2 aromatic rings. The Morgan fingerprint density at radius 2 is 1.82 bits per heavy atom. The lowest BCUT2D eigenvalue weighted by atomic mass is 10.1. The molecule has 0 aromatic heterocycles. The fourth-order valence-corrected chi connectivity index (χ4v) is 3.38. The van der Waals surface area contributed by atoms with E-state index >= 15 is 0 Å². The van der Waals surface area contributed by atoms with Crippen molar-refractivity contribution in [1.29, 1.82) is 0 Å². The van der Waals surface area contributed by atoms with Gasteiger partial charge in [-0.25, -0.2) is 9.18 Å². The van der Waals surface area contributed by atoms with Crippen LogP contribution in [-0.2, 0) is 6.42 Å². The number of hydrogen-bond acceptors (Lipinski definition) is 3. The molecule has 0 radical (unpaired) electrons. The highest BCUT2D eigenvalue weighted by molar-refractivity contribution is 5.98. The predicted molar refractivity (Wildman–Crippen MR) is 108 cm³/mol. The fourth-order valence-electron chi connectivity index (χ4n) is 3.38. The van der Waals surface area contributed by atoms with Gasteiger partial charge in [0.15, 0.2) is 0 Å². The zero-order valence-electron chi connectivity index (χ0n) is 15.7. The highest BCUT2D eigenvalue weighted by Crippen LogP contribution is 2.29. The van der Waals surface area contributed by atoms with Crippen LogP contribution in [0.15, 0.2) is 42.5 Å². The summed E-state index contributed by atoms with van der Waals surface area (Å²) >= 11 is 0. The van der Waals surface area contributed by atoms with Gasteiger partial charge in [0.25, 0.3) is 0 Å². The zero-order chi connectivity index (χ0) is 19.9. The number of hydrogen-bond donors (Lipinski definition) is 3. The van der Waals surface area contributed by atoms with Gasteiger partial charge in [0.1, 0.15) is 5.82 Å². The molecule has 2 aromatic carbocycles. The van der Waals surface area contributed by atoms with Crippen molar-refractivity contribution in [2.45, 2.75) is 25.7 Å². The fraction of sp³-hybridized carbons (Fsp3) is 0.333. The predicted octanol–water partition coefficient (Wildman–Crippen LogP) is 3.28. The highest BCUT2D eigenvalue weighted by atomic mass is 19.1. The van der Waals surface area contributed by atoms with Crippen LogP contribution in [0.5, 0.6) is 0 Å². The third-order valence-electron chi connectivity index (χ3n) is 4.86. The number of carbonyl (C=O) groups excluding carboxylic acids is 2. The number of amides is 3.